The molecule has 1 aromatic carbocycles. The van der Waals surface area contributed by atoms with Gasteiger partial charge in [0.05, 0.1) is 26.0 Å². The lowest BCUT2D eigenvalue weighted by Crippen LogP contribution is -2.23. The van der Waals surface area contributed by atoms with E-state index in [2.05, 4.69) is 0 Å². The Morgan fingerprint density at radius 1 is 1.00 bits per heavy atom. The van der Waals surface area contributed by atoms with E-state index in [1.807, 2.05) is 38.1 Å². The van der Waals surface area contributed by atoms with Crippen LogP contribution in [0.2, 0.25) is 0 Å². The van der Waals surface area contributed by atoms with Crippen LogP contribution in [0, 0.1) is 0 Å². The summed E-state index contributed by atoms with van der Waals surface area (Å²) < 4.78 is 5.07. The molecule has 1 rings (SSSR count). The van der Waals surface area contributed by atoms with Crippen molar-refractivity contribution in [1.82, 2.24) is 0 Å². The number of rotatable bonds is 6. The summed E-state index contributed by atoms with van der Waals surface area (Å²) in [5.74, 6) is 0.812. The van der Waals surface area contributed by atoms with E-state index in [-0.39, 0.29) is 0 Å². The Kier molecular flexibility index (Phi) is 4.93. The van der Waals surface area contributed by atoms with Crippen molar-refractivity contribution in [3.8, 4) is 5.75 Å². The van der Waals surface area contributed by atoms with Crippen molar-refractivity contribution < 1.29 is 14.4 Å². The molecule has 4 heteroatoms. The topological polar surface area (TPSA) is 30.9 Å². The van der Waals surface area contributed by atoms with Crippen LogP contribution in [0.4, 0.5) is 5.69 Å². The molecule has 0 saturated heterocycles. The lowest BCUT2D eigenvalue weighted by Gasteiger charge is -2.21. The molecule has 15 heavy (non-hydrogen) atoms. The molecule has 0 radical (unpaired) electrons. The molecule has 0 aliphatic carbocycles. The highest BCUT2D eigenvalue weighted by Gasteiger charge is 2.06. The number of benzene rings is 1. The molecule has 0 bridgehead atoms. The van der Waals surface area contributed by atoms with Crippen LogP contribution in [-0.4, -0.2) is 20.3 Å². The summed E-state index contributed by atoms with van der Waals surface area (Å²) in [6, 6.07) is 7.48. The molecule has 0 spiro atoms. The molecule has 0 heterocycles. The van der Waals surface area contributed by atoms with Gasteiger partial charge in [-0.2, -0.15) is 0 Å². The molecule has 0 fully saturated rings. The second kappa shape index (κ2) is 6.27. The molecule has 0 aliphatic heterocycles. The Hall–Kier alpha value is -1.26. The SMILES string of the molecule is CCON(OCC)c1ccc(OC)cc1. The molecule has 0 unspecified atom stereocenters. The smallest absolute Gasteiger partial charge is 0.119 e. The molecule has 84 valence electrons. The van der Waals surface area contributed by atoms with Crippen molar-refractivity contribution in [1.29, 1.82) is 0 Å². The van der Waals surface area contributed by atoms with Crippen LogP contribution in [0.5, 0.6) is 5.75 Å². The minimum absolute atomic E-state index is 0.562. The number of anilines is 1. The monoisotopic (exact) mass is 211 g/mol. The Morgan fingerprint density at radius 3 is 1.93 bits per heavy atom. The minimum Gasteiger partial charge on any atom is -0.497 e. The van der Waals surface area contributed by atoms with Crippen molar-refractivity contribution >= 4 is 5.69 Å². The lowest BCUT2D eigenvalue weighted by molar-refractivity contribution is -0.0817. The summed E-state index contributed by atoms with van der Waals surface area (Å²) in [4.78, 5) is 10.6. The summed E-state index contributed by atoms with van der Waals surface area (Å²) in [5, 5.41) is 1.42. The fourth-order valence-corrected chi connectivity index (χ4v) is 1.12. The molecule has 0 atom stereocenters. The second-order valence-corrected chi connectivity index (χ2v) is 2.79. The molecule has 0 aromatic heterocycles. The Balaban J connectivity index is 2.72. The normalized spacial score (nSPS) is 10.1. The summed E-state index contributed by atoms with van der Waals surface area (Å²) >= 11 is 0. The molecule has 0 aliphatic rings. The third-order valence-corrected chi connectivity index (χ3v) is 1.78. The maximum Gasteiger partial charge on any atom is 0.119 e. The van der Waals surface area contributed by atoms with Crippen molar-refractivity contribution in [2.24, 2.45) is 0 Å². The van der Waals surface area contributed by atoms with Crippen molar-refractivity contribution in [2.75, 3.05) is 25.6 Å². The van der Waals surface area contributed by atoms with Gasteiger partial charge < -0.3 is 4.74 Å². The van der Waals surface area contributed by atoms with Crippen LogP contribution in [0.3, 0.4) is 0 Å². The first-order valence-corrected chi connectivity index (χ1v) is 5.01. The van der Waals surface area contributed by atoms with Crippen LogP contribution in [-0.2, 0) is 9.68 Å². The number of hydrogen-bond acceptors (Lipinski definition) is 4. The van der Waals surface area contributed by atoms with Gasteiger partial charge in [-0.05, 0) is 38.1 Å². The van der Waals surface area contributed by atoms with E-state index in [1.165, 1.54) is 5.23 Å². The third kappa shape index (κ3) is 3.42. The molecular weight excluding hydrogens is 194 g/mol. The molecule has 4 nitrogen and oxygen atoms in total. The second-order valence-electron chi connectivity index (χ2n) is 2.79. The van der Waals surface area contributed by atoms with Gasteiger partial charge in [0.1, 0.15) is 5.75 Å². The first-order valence-electron chi connectivity index (χ1n) is 5.01. The van der Waals surface area contributed by atoms with E-state index in [4.69, 9.17) is 14.4 Å². The van der Waals surface area contributed by atoms with Crippen molar-refractivity contribution in [2.45, 2.75) is 13.8 Å². The summed E-state index contributed by atoms with van der Waals surface area (Å²) in [5.41, 5.74) is 0.847. The zero-order chi connectivity index (χ0) is 11.1. The predicted molar refractivity (Wildman–Crippen MR) is 58.7 cm³/mol. The van der Waals surface area contributed by atoms with Crippen molar-refractivity contribution in [3.05, 3.63) is 24.3 Å². The first-order chi connectivity index (χ1) is 7.31. The molecular formula is C11H17NO3. The summed E-state index contributed by atoms with van der Waals surface area (Å²) in [7, 11) is 1.64. The maximum absolute atomic E-state index is 5.31. The van der Waals surface area contributed by atoms with Crippen LogP contribution in [0.1, 0.15) is 13.8 Å². The van der Waals surface area contributed by atoms with E-state index in [0.29, 0.717) is 13.2 Å². The summed E-state index contributed by atoms with van der Waals surface area (Å²) in [6.07, 6.45) is 0. The van der Waals surface area contributed by atoms with Gasteiger partial charge in [-0.3, -0.25) is 0 Å². The molecule has 0 amide bonds. The number of nitrogens with zero attached hydrogens (tertiary/aromatic N) is 1. The van der Waals surface area contributed by atoms with Crippen LogP contribution in [0.25, 0.3) is 0 Å². The average molecular weight is 211 g/mol. The van der Waals surface area contributed by atoms with E-state index in [9.17, 15) is 0 Å². The average Bonchev–Trinajstić information content (AvgIpc) is 2.29. The van der Waals surface area contributed by atoms with Gasteiger partial charge in [-0.25, -0.2) is 9.68 Å². The summed E-state index contributed by atoms with van der Waals surface area (Å²) in [6.45, 7) is 4.95. The minimum atomic E-state index is 0.562. The maximum atomic E-state index is 5.31. The Labute approximate surface area is 90.3 Å². The highest BCUT2D eigenvalue weighted by Crippen LogP contribution is 2.19. The number of methoxy groups -OCH3 is 1. The van der Waals surface area contributed by atoms with Crippen molar-refractivity contribution in [3.63, 3.8) is 0 Å². The van der Waals surface area contributed by atoms with Gasteiger partial charge in [0.15, 0.2) is 0 Å². The zero-order valence-corrected chi connectivity index (χ0v) is 9.40. The largest absolute Gasteiger partial charge is 0.497 e. The highest BCUT2D eigenvalue weighted by atomic mass is 16.9. The first kappa shape index (κ1) is 11.8. The number of hydrogen-bond donors (Lipinski definition) is 0. The molecule has 0 N–H and O–H groups in total. The standard InChI is InChI=1S/C11H17NO3/c1-4-14-12(15-5-2)10-6-8-11(13-3)9-7-10/h6-9H,4-5H2,1-3H3. The van der Waals surface area contributed by atoms with E-state index >= 15 is 0 Å². The zero-order valence-electron chi connectivity index (χ0n) is 9.40. The van der Waals surface area contributed by atoms with Gasteiger partial charge in [0.25, 0.3) is 0 Å². The fraction of sp³-hybridized carbons (Fsp3) is 0.455. The number of ether oxygens (including phenoxy) is 1. The van der Waals surface area contributed by atoms with E-state index in [1.54, 1.807) is 7.11 Å². The third-order valence-electron chi connectivity index (χ3n) is 1.78. The Morgan fingerprint density at radius 2 is 1.53 bits per heavy atom. The van der Waals surface area contributed by atoms with E-state index < -0.39 is 0 Å². The highest BCUT2D eigenvalue weighted by molar-refractivity contribution is 5.45. The van der Waals surface area contributed by atoms with Gasteiger partial charge in [0.2, 0.25) is 0 Å². The van der Waals surface area contributed by atoms with Gasteiger partial charge >= 0.3 is 0 Å². The van der Waals surface area contributed by atoms with Gasteiger partial charge in [-0.1, -0.05) is 0 Å². The van der Waals surface area contributed by atoms with Crippen LogP contribution < -0.4 is 9.96 Å². The van der Waals surface area contributed by atoms with Gasteiger partial charge in [0, 0.05) is 0 Å². The van der Waals surface area contributed by atoms with E-state index in [0.717, 1.165) is 11.4 Å². The quantitative estimate of drug-likeness (QED) is 0.676. The molecule has 1 aromatic rings. The van der Waals surface area contributed by atoms with Gasteiger partial charge in [-0.15, -0.1) is 5.23 Å². The predicted octanol–water partition coefficient (Wildman–Crippen LogP) is 2.40. The Bertz CT molecular complexity index is 268. The molecule has 0 saturated carbocycles. The van der Waals surface area contributed by atoms with Crippen LogP contribution in [0.15, 0.2) is 24.3 Å². The fourth-order valence-electron chi connectivity index (χ4n) is 1.12. The lowest BCUT2D eigenvalue weighted by atomic mass is 10.3. The van der Waals surface area contributed by atoms with Crippen LogP contribution >= 0.6 is 0 Å².